The average Bonchev–Trinajstić information content (AvgIpc) is 2.52. The van der Waals surface area contributed by atoms with Crippen molar-refractivity contribution in [1.82, 2.24) is 10.4 Å². The zero-order valence-electron chi connectivity index (χ0n) is 11.7. The van der Waals surface area contributed by atoms with E-state index < -0.39 is 37.0 Å². The Balaban J connectivity index is 1.97. The standard InChI is InChI=1S/C14H20N2O5/c1-9-12(18)13(19)11(7-17)15-16(9)14(20)21-8-10-5-3-2-4-6-10/h2-6,9,11-13,15,17-19H,7-8H2,1H3/t9-,11-,12+,13-/m0/s1. The van der Waals surface area contributed by atoms with Gasteiger partial charge in [-0.15, -0.1) is 0 Å². The van der Waals surface area contributed by atoms with E-state index >= 15 is 0 Å². The number of amides is 1. The van der Waals surface area contributed by atoms with E-state index in [1.54, 1.807) is 6.92 Å². The Kier molecular flexibility index (Phi) is 5.13. The molecule has 2 rings (SSSR count). The molecule has 0 radical (unpaired) electrons. The molecule has 1 amide bonds. The van der Waals surface area contributed by atoms with E-state index in [-0.39, 0.29) is 6.61 Å². The topological polar surface area (TPSA) is 102 Å². The second kappa shape index (κ2) is 6.86. The molecule has 0 bridgehead atoms. The maximum Gasteiger partial charge on any atom is 0.424 e. The molecule has 0 spiro atoms. The summed E-state index contributed by atoms with van der Waals surface area (Å²) >= 11 is 0. The second-order valence-corrected chi connectivity index (χ2v) is 5.05. The summed E-state index contributed by atoms with van der Waals surface area (Å²) in [6.07, 6.45) is -2.98. The molecule has 4 atom stereocenters. The van der Waals surface area contributed by atoms with Gasteiger partial charge in [0.1, 0.15) is 18.8 Å². The van der Waals surface area contributed by atoms with Crippen LogP contribution in [0.15, 0.2) is 30.3 Å². The Labute approximate surface area is 122 Å². The highest BCUT2D eigenvalue weighted by Crippen LogP contribution is 2.17. The van der Waals surface area contributed by atoms with Crippen molar-refractivity contribution in [3.63, 3.8) is 0 Å². The Morgan fingerprint density at radius 1 is 1.29 bits per heavy atom. The molecule has 1 aliphatic rings. The number of hydrogen-bond donors (Lipinski definition) is 4. The molecule has 0 saturated carbocycles. The van der Waals surface area contributed by atoms with Gasteiger partial charge >= 0.3 is 6.09 Å². The van der Waals surface area contributed by atoms with Crippen molar-refractivity contribution in [3.8, 4) is 0 Å². The molecule has 1 aromatic rings. The van der Waals surface area contributed by atoms with Crippen LogP contribution in [0, 0.1) is 0 Å². The van der Waals surface area contributed by atoms with E-state index in [1.165, 1.54) is 0 Å². The lowest BCUT2D eigenvalue weighted by Crippen LogP contribution is -2.69. The van der Waals surface area contributed by atoms with E-state index in [1.807, 2.05) is 30.3 Å². The first-order chi connectivity index (χ1) is 10.0. The minimum Gasteiger partial charge on any atom is -0.444 e. The van der Waals surface area contributed by atoms with Gasteiger partial charge in [-0.3, -0.25) is 0 Å². The van der Waals surface area contributed by atoms with E-state index in [9.17, 15) is 15.0 Å². The molecule has 7 heteroatoms. The highest BCUT2D eigenvalue weighted by Gasteiger charge is 2.42. The molecule has 0 aliphatic carbocycles. The summed E-state index contributed by atoms with van der Waals surface area (Å²) in [6.45, 7) is 1.28. The van der Waals surface area contributed by atoms with Gasteiger partial charge in [0.15, 0.2) is 0 Å². The van der Waals surface area contributed by atoms with Crippen LogP contribution in [0.2, 0.25) is 0 Å². The monoisotopic (exact) mass is 296 g/mol. The van der Waals surface area contributed by atoms with Crippen LogP contribution in [0.3, 0.4) is 0 Å². The lowest BCUT2D eigenvalue weighted by Gasteiger charge is -2.43. The van der Waals surface area contributed by atoms with Crippen molar-refractivity contribution in [1.29, 1.82) is 0 Å². The van der Waals surface area contributed by atoms with Crippen molar-refractivity contribution in [2.75, 3.05) is 6.61 Å². The Bertz CT molecular complexity index is 468. The summed E-state index contributed by atoms with van der Waals surface area (Å²) in [5, 5.41) is 29.9. The summed E-state index contributed by atoms with van der Waals surface area (Å²) in [5.41, 5.74) is 3.51. The fourth-order valence-corrected chi connectivity index (χ4v) is 2.21. The van der Waals surface area contributed by atoms with Gasteiger partial charge in [0.05, 0.1) is 18.7 Å². The SMILES string of the molecule is C[C@H]1[C@@H](O)[C@@H](O)[C@H](CO)NN1C(=O)OCc1ccccc1. The second-order valence-electron chi connectivity index (χ2n) is 5.05. The fraction of sp³-hybridized carbons (Fsp3) is 0.500. The van der Waals surface area contributed by atoms with Gasteiger partial charge in [0.25, 0.3) is 0 Å². The molecule has 1 aromatic carbocycles. The largest absolute Gasteiger partial charge is 0.444 e. The number of ether oxygens (including phenoxy) is 1. The van der Waals surface area contributed by atoms with Crippen molar-refractivity contribution >= 4 is 6.09 Å². The van der Waals surface area contributed by atoms with Crippen LogP contribution < -0.4 is 5.43 Å². The Morgan fingerprint density at radius 2 is 1.95 bits per heavy atom. The van der Waals surface area contributed by atoms with Gasteiger partial charge in [0, 0.05) is 0 Å². The zero-order valence-corrected chi connectivity index (χ0v) is 11.7. The van der Waals surface area contributed by atoms with Crippen LogP contribution in [0.5, 0.6) is 0 Å². The number of hydrazine groups is 1. The van der Waals surface area contributed by atoms with Crippen LogP contribution in [0.1, 0.15) is 12.5 Å². The number of benzene rings is 1. The van der Waals surface area contributed by atoms with Crippen LogP contribution in [0.25, 0.3) is 0 Å². The molecule has 1 heterocycles. The first-order valence-corrected chi connectivity index (χ1v) is 6.77. The lowest BCUT2D eigenvalue weighted by atomic mass is 9.98. The minimum absolute atomic E-state index is 0.104. The number of aliphatic hydroxyl groups is 3. The lowest BCUT2D eigenvalue weighted by molar-refractivity contribution is -0.116. The average molecular weight is 296 g/mol. The number of aliphatic hydroxyl groups excluding tert-OH is 3. The third-order valence-electron chi connectivity index (χ3n) is 3.57. The number of carbonyl (C=O) groups is 1. The number of carbonyl (C=O) groups excluding carboxylic acids is 1. The highest BCUT2D eigenvalue weighted by molar-refractivity contribution is 5.67. The predicted octanol–water partition coefficient (Wildman–Crippen LogP) is -0.385. The first-order valence-electron chi connectivity index (χ1n) is 6.77. The summed E-state index contributed by atoms with van der Waals surface area (Å²) in [4.78, 5) is 12.1. The Morgan fingerprint density at radius 3 is 2.57 bits per heavy atom. The molecule has 1 fully saturated rings. The molecule has 116 valence electrons. The molecular formula is C14H20N2O5. The van der Waals surface area contributed by atoms with Crippen LogP contribution >= 0.6 is 0 Å². The van der Waals surface area contributed by atoms with E-state index in [4.69, 9.17) is 9.84 Å². The minimum atomic E-state index is -1.16. The third kappa shape index (κ3) is 3.51. The molecule has 7 nitrogen and oxygen atoms in total. The smallest absolute Gasteiger partial charge is 0.424 e. The zero-order chi connectivity index (χ0) is 15.4. The molecular weight excluding hydrogens is 276 g/mol. The highest BCUT2D eigenvalue weighted by atomic mass is 16.6. The summed E-state index contributed by atoms with van der Waals surface area (Å²) in [5.74, 6) is 0. The van der Waals surface area contributed by atoms with Crippen molar-refractivity contribution in [3.05, 3.63) is 35.9 Å². The van der Waals surface area contributed by atoms with E-state index in [0.717, 1.165) is 10.6 Å². The number of nitrogens with one attached hydrogen (secondary N) is 1. The molecule has 1 aliphatic heterocycles. The van der Waals surface area contributed by atoms with Crippen molar-refractivity contribution in [2.45, 2.75) is 37.8 Å². The summed E-state index contributed by atoms with van der Waals surface area (Å²) in [7, 11) is 0. The Hall–Kier alpha value is -1.67. The fourth-order valence-electron chi connectivity index (χ4n) is 2.21. The first kappa shape index (κ1) is 15.7. The van der Waals surface area contributed by atoms with Gasteiger partial charge < -0.3 is 20.1 Å². The molecule has 1 saturated heterocycles. The van der Waals surface area contributed by atoms with Gasteiger partial charge in [0.2, 0.25) is 0 Å². The van der Waals surface area contributed by atoms with E-state index in [0.29, 0.717) is 0 Å². The summed E-state index contributed by atoms with van der Waals surface area (Å²) in [6, 6.07) is 7.71. The summed E-state index contributed by atoms with van der Waals surface area (Å²) < 4.78 is 5.16. The predicted molar refractivity (Wildman–Crippen MR) is 74.0 cm³/mol. The molecule has 0 aromatic heterocycles. The maximum atomic E-state index is 12.1. The number of nitrogens with zero attached hydrogens (tertiary/aromatic N) is 1. The number of hydrogen-bond acceptors (Lipinski definition) is 6. The normalized spacial score (nSPS) is 29.2. The third-order valence-corrected chi connectivity index (χ3v) is 3.57. The number of rotatable bonds is 3. The molecule has 0 unspecified atom stereocenters. The molecule has 21 heavy (non-hydrogen) atoms. The van der Waals surface area contributed by atoms with Crippen LogP contribution in [-0.4, -0.2) is 57.3 Å². The van der Waals surface area contributed by atoms with Crippen LogP contribution in [-0.2, 0) is 11.3 Å². The molecule has 4 N–H and O–H groups in total. The van der Waals surface area contributed by atoms with Crippen LogP contribution in [0.4, 0.5) is 4.79 Å². The maximum absolute atomic E-state index is 12.1. The van der Waals surface area contributed by atoms with Crippen molar-refractivity contribution < 1.29 is 24.9 Å². The van der Waals surface area contributed by atoms with Gasteiger partial charge in [-0.25, -0.2) is 15.2 Å². The van der Waals surface area contributed by atoms with Gasteiger partial charge in [-0.2, -0.15) is 0 Å². The van der Waals surface area contributed by atoms with Gasteiger partial charge in [-0.1, -0.05) is 30.3 Å². The van der Waals surface area contributed by atoms with E-state index in [2.05, 4.69) is 5.43 Å². The van der Waals surface area contributed by atoms with Gasteiger partial charge in [-0.05, 0) is 12.5 Å². The quantitative estimate of drug-likeness (QED) is 0.606. The van der Waals surface area contributed by atoms with Crippen molar-refractivity contribution in [2.24, 2.45) is 0 Å².